The van der Waals surface area contributed by atoms with Gasteiger partial charge in [0.2, 0.25) is 5.83 Å². The summed E-state index contributed by atoms with van der Waals surface area (Å²) in [6.45, 7) is 0. The van der Waals surface area contributed by atoms with Gasteiger partial charge in [-0.1, -0.05) is 6.07 Å². The molecule has 0 bridgehead atoms. The molecule has 0 amide bonds. The summed E-state index contributed by atoms with van der Waals surface area (Å²) < 4.78 is 229. The maximum absolute atomic E-state index is 14.0. The van der Waals surface area contributed by atoms with Crippen molar-refractivity contribution < 1.29 is 89.0 Å². The van der Waals surface area contributed by atoms with Crippen molar-refractivity contribution in [2.75, 3.05) is 0 Å². The topological polar surface area (TPSA) is 43.4 Å². The Labute approximate surface area is 212 Å². The standard InChI is InChI=1S/C17H3Cl2F17O3/c18-8(37)4-2-1-3-5(9(19)38)6(4)39-10(21)7(20)11(22,23)12(24,25)13(26,27)14(28,29)15(30,31)16(32,33)17(34,35)36/h1-3H. The van der Waals surface area contributed by atoms with Gasteiger partial charge in [0.05, 0.1) is 11.1 Å². The number of allylic oxidation sites excluding steroid dienone is 1. The molecule has 0 aliphatic carbocycles. The summed E-state index contributed by atoms with van der Waals surface area (Å²) in [7, 11) is 0. The average molecular weight is 649 g/mol. The molecule has 0 radical (unpaired) electrons. The summed E-state index contributed by atoms with van der Waals surface area (Å²) >= 11 is 9.93. The Morgan fingerprint density at radius 3 is 1.26 bits per heavy atom. The van der Waals surface area contributed by atoms with Crippen LogP contribution in [0.3, 0.4) is 0 Å². The van der Waals surface area contributed by atoms with E-state index in [1.54, 1.807) is 0 Å². The molecule has 0 aliphatic rings. The molecular weight excluding hydrogens is 646 g/mol. The van der Waals surface area contributed by atoms with Gasteiger partial charge in [-0.05, 0) is 35.3 Å². The first-order chi connectivity index (χ1) is 17.1. The molecule has 0 unspecified atom stereocenters. The van der Waals surface area contributed by atoms with Crippen LogP contribution in [0.2, 0.25) is 0 Å². The fourth-order valence-electron chi connectivity index (χ4n) is 2.32. The SMILES string of the molecule is O=C(Cl)c1cccc(C(=O)Cl)c1OC(F)=C(F)C(F)(F)C(F)(F)C(F)(F)C(F)(F)C(F)(F)C(F)(F)C(F)(F)F. The Morgan fingerprint density at radius 1 is 0.590 bits per heavy atom. The van der Waals surface area contributed by atoms with Gasteiger partial charge in [0.1, 0.15) is 0 Å². The number of hydrogen-bond acceptors (Lipinski definition) is 3. The third-order valence-electron chi connectivity index (χ3n) is 4.41. The summed E-state index contributed by atoms with van der Waals surface area (Å²) in [6, 6.07) is -2.29. The summed E-state index contributed by atoms with van der Waals surface area (Å²) in [5.74, 6) is -57.1. The molecular formula is C17H3Cl2F17O3. The third kappa shape index (κ3) is 5.20. The summed E-state index contributed by atoms with van der Waals surface area (Å²) in [5, 5.41) is -3.59. The molecule has 39 heavy (non-hydrogen) atoms. The molecule has 1 aromatic rings. The van der Waals surface area contributed by atoms with Gasteiger partial charge in [0.25, 0.3) is 10.5 Å². The van der Waals surface area contributed by atoms with E-state index in [9.17, 15) is 84.2 Å². The summed E-state index contributed by atoms with van der Waals surface area (Å²) in [4.78, 5) is 22.5. The predicted octanol–water partition coefficient (Wildman–Crippen LogP) is 8.31. The smallest absolute Gasteiger partial charge is 0.428 e. The fourth-order valence-corrected chi connectivity index (χ4v) is 2.62. The molecule has 0 heterocycles. The molecule has 0 spiro atoms. The highest BCUT2D eigenvalue weighted by atomic mass is 35.5. The van der Waals surface area contributed by atoms with Crippen molar-refractivity contribution in [1.29, 1.82) is 0 Å². The van der Waals surface area contributed by atoms with E-state index < -0.39 is 80.9 Å². The maximum Gasteiger partial charge on any atom is 0.460 e. The zero-order valence-corrected chi connectivity index (χ0v) is 18.6. The van der Waals surface area contributed by atoms with Crippen molar-refractivity contribution >= 4 is 33.7 Å². The van der Waals surface area contributed by atoms with E-state index >= 15 is 0 Å². The molecule has 1 aromatic carbocycles. The Kier molecular flexibility index (Phi) is 8.98. The van der Waals surface area contributed by atoms with E-state index in [4.69, 9.17) is 23.2 Å². The molecule has 22 heteroatoms. The lowest BCUT2D eigenvalue weighted by Gasteiger charge is -2.41. The first-order valence-electron chi connectivity index (χ1n) is 8.65. The lowest BCUT2D eigenvalue weighted by molar-refractivity contribution is -0.451. The molecule has 1 rings (SSSR count). The van der Waals surface area contributed by atoms with Crippen molar-refractivity contribution in [3.8, 4) is 5.75 Å². The van der Waals surface area contributed by atoms with Gasteiger partial charge in [-0.3, -0.25) is 9.59 Å². The van der Waals surface area contributed by atoms with E-state index in [-0.39, 0.29) is 0 Å². The molecule has 0 atom stereocenters. The van der Waals surface area contributed by atoms with Gasteiger partial charge >= 0.3 is 47.7 Å². The Hall–Kier alpha value is -2.51. The van der Waals surface area contributed by atoms with Crippen molar-refractivity contribution in [2.45, 2.75) is 41.7 Å². The van der Waals surface area contributed by atoms with Gasteiger partial charge in [-0.2, -0.15) is 74.6 Å². The van der Waals surface area contributed by atoms with Gasteiger partial charge in [-0.15, -0.1) is 0 Å². The highest BCUT2D eigenvalue weighted by molar-refractivity contribution is 6.69. The predicted molar refractivity (Wildman–Crippen MR) is 92.4 cm³/mol. The Morgan fingerprint density at radius 2 is 0.923 bits per heavy atom. The zero-order valence-electron chi connectivity index (χ0n) is 17.1. The van der Waals surface area contributed by atoms with E-state index in [1.807, 2.05) is 0 Å². The van der Waals surface area contributed by atoms with Crippen LogP contribution in [0, 0.1) is 0 Å². The van der Waals surface area contributed by atoms with Crippen molar-refractivity contribution in [3.05, 3.63) is 41.2 Å². The highest BCUT2D eigenvalue weighted by Gasteiger charge is 2.93. The monoisotopic (exact) mass is 648 g/mol. The van der Waals surface area contributed by atoms with Crippen LogP contribution in [0.1, 0.15) is 20.7 Å². The van der Waals surface area contributed by atoms with Gasteiger partial charge < -0.3 is 4.74 Å². The molecule has 3 nitrogen and oxygen atoms in total. The largest absolute Gasteiger partial charge is 0.460 e. The van der Waals surface area contributed by atoms with Gasteiger partial charge in [0, 0.05) is 0 Å². The second kappa shape index (κ2) is 10.2. The van der Waals surface area contributed by atoms with Gasteiger partial charge in [0.15, 0.2) is 5.75 Å². The fraction of sp³-hybridized carbons (Fsp3) is 0.412. The van der Waals surface area contributed by atoms with Crippen LogP contribution >= 0.6 is 23.2 Å². The second-order valence-corrected chi connectivity index (χ2v) is 7.55. The van der Waals surface area contributed by atoms with E-state index in [0.717, 1.165) is 0 Å². The lowest BCUT2D eigenvalue weighted by atomic mass is 9.91. The Balaban J connectivity index is 3.78. The number of benzene rings is 1. The molecule has 0 fully saturated rings. The van der Waals surface area contributed by atoms with E-state index in [1.165, 1.54) is 0 Å². The van der Waals surface area contributed by atoms with Crippen molar-refractivity contribution in [3.63, 3.8) is 0 Å². The first-order valence-corrected chi connectivity index (χ1v) is 9.41. The average Bonchev–Trinajstić information content (AvgIpc) is 2.76. The van der Waals surface area contributed by atoms with E-state index in [2.05, 4.69) is 4.74 Å². The minimum absolute atomic E-state index is 0.448. The number of hydrogen-bond donors (Lipinski definition) is 0. The normalized spacial score (nSPS) is 15.2. The summed E-state index contributed by atoms with van der Waals surface area (Å²) in [6.07, 6.45) is -7.86. The number of carbonyl (C=O) groups is 2. The first kappa shape index (κ1) is 34.5. The van der Waals surface area contributed by atoms with Crippen LogP contribution in [-0.4, -0.2) is 52.2 Å². The zero-order chi connectivity index (χ0) is 31.4. The number of ether oxygens (including phenoxy) is 1. The number of carbonyl (C=O) groups excluding carboxylic acids is 2. The molecule has 0 N–H and O–H groups in total. The van der Waals surface area contributed by atoms with Crippen LogP contribution in [-0.2, 0) is 0 Å². The minimum atomic E-state index is -8.75. The minimum Gasteiger partial charge on any atom is -0.428 e. The number of para-hydroxylation sites is 1. The lowest BCUT2D eigenvalue weighted by Crippen LogP contribution is -2.72. The second-order valence-electron chi connectivity index (χ2n) is 6.86. The molecule has 0 aromatic heterocycles. The van der Waals surface area contributed by atoms with E-state index in [0.29, 0.717) is 18.2 Å². The van der Waals surface area contributed by atoms with Crippen LogP contribution in [0.15, 0.2) is 30.0 Å². The summed E-state index contributed by atoms with van der Waals surface area (Å²) in [5.41, 5.74) is -2.57. The number of alkyl halides is 15. The van der Waals surface area contributed by atoms with Crippen LogP contribution < -0.4 is 4.74 Å². The quantitative estimate of drug-likeness (QED) is 0.146. The number of halogens is 19. The molecule has 222 valence electrons. The van der Waals surface area contributed by atoms with Crippen LogP contribution in [0.25, 0.3) is 0 Å². The van der Waals surface area contributed by atoms with Crippen molar-refractivity contribution in [2.24, 2.45) is 0 Å². The molecule has 0 saturated carbocycles. The van der Waals surface area contributed by atoms with Crippen LogP contribution in [0.5, 0.6) is 5.75 Å². The van der Waals surface area contributed by atoms with Crippen molar-refractivity contribution in [1.82, 2.24) is 0 Å². The highest BCUT2D eigenvalue weighted by Crippen LogP contribution is 2.63. The molecule has 0 aliphatic heterocycles. The number of rotatable bonds is 10. The third-order valence-corrected chi connectivity index (χ3v) is 4.81. The Bertz CT molecular complexity index is 1140. The van der Waals surface area contributed by atoms with Crippen LogP contribution in [0.4, 0.5) is 74.6 Å². The maximum atomic E-state index is 14.0. The molecule has 0 saturated heterocycles. The van der Waals surface area contributed by atoms with Gasteiger partial charge in [-0.25, -0.2) is 0 Å².